The molecule has 3 aromatic rings. The Morgan fingerprint density at radius 2 is 1.85 bits per heavy atom. The van der Waals surface area contributed by atoms with Crippen molar-refractivity contribution >= 4 is 44.7 Å². The third kappa shape index (κ3) is 5.30. The van der Waals surface area contributed by atoms with E-state index in [0.717, 1.165) is 38.7 Å². The number of anilines is 2. The predicted octanol–water partition coefficient (Wildman–Crippen LogP) is 0.447. The van der Waals surface area contributed by atoms with E-state index in [4.69, 9.17) is 4.74 Å². The Balaban J connectivity index is 1.69. The molecule has 0 aliphatic carbocycles. The molecule has 0 atom stereocenters. The zero-order chi connectivity index (χ0) is 24.3. The van der Waals surface area contributed by atoms with Crippen molar-refractivity contribution in [2.75, 3.05) is 16.6 Å². The first kappa shape index (κ1) is 23.7. The zero-order valence-electron chi connectivity index (χ0n) is 17.3. The summed E-state index contributed by atoms with van der Waals surface area (Å²) in [5.41, 5.74) is -1.69. The molecule has 0 saturated heterocycles. The molecule has 0 spiro atoms. The largest absolute Gasteiger partial charge is 0.507 e. The number of nitrogens with zero attached hydrogens (tertiary/aromatic N) is 2. The second-order valence-corrected chi connectivity index (χ2v) is 9.52. The van der Waals surface area contributed by atoms with Gasteiger partial charge in [0.2, 0.25) is 0 Å². The lowest BCUT2D eigenvalue weighted by atomic mass is 10.2. The highest BCUT2D eigenvalue weighted by molar-refractivity contribution is 7.94. The summed E-state index contributed by atoms with van der Waals surface area (Å²) in [4.78, 5) is 48.1. The SMILES string of the molecule is Cn1c(NC(=O)COC(=O)c2cc(NS(=O)(=O)c3cccs3)ccc2O)cc(=O)n(C)c1=O. The molecule has 3 rings (SSSR count). The molecule has 174 valence electrons. The molecule has 14 heteroatoms. The van der Waals surface area contributed by atoms with Gasteiger partial charge in [0.15, 0.2) is 6.61 Å². The Morgan fingerprint density at radius 3 is 2.52 bits per heavy atom. The topological polar surface area (TPSA) is 166 Å². The molecular formula is C19H18N4O8S2. The first-order valence-corrected chi connectivity index (χ1v) is 11.5. The van der Waals surface area contributed by atoms with Gasteiger partial charge in [-0.2, -0.15) is 0 Å². The first-order chi connectivity index (χ1) is 15.5. The molecule has 1 aromatic carbocycles. The molecule has 0 bridgehead atoms. The van der Waals surface area contributed by atoms with Gasteiger partial charge in [-0.25, -0.2) is 18.0 Å². The summed E-state index contributed by atoms with van der Waals surface area (Å²) in [7, 11) is -1.27. The molecule has 0 aliphatic heterocycles. The first-order valence-electron chi connectivity index (χ1n) is 9.13. The van der Waals surface area contributed by atoms with Gasteiger partial charge in [0.25, 0.3) is 21.5 Å². The van der Waals surface area contributed by atoms with Crippen LogP contribution in [0.4, 0.5) is 11.5 Å². The smallest absolute Gasteiger partial charge is 0.342 e. The number of phenolic OH excluding ortho intramolecular Hbond substituents is 1. The Morgan fingerprint density at radius 1 is 1.12 bits per heavy atom. The van der Waals surface area contributed by atoms with Crippen LogP contribution in [0.5, 0.6) is 5.75 Å². The summed E-state index contributed by atoms with van der Waals surface area (Å²) in [6, 6.07) is 7.40. The fourth-order valence-electron chi connectivity index (χ4n) is 2.63. The highest BCUT2D eigenvalue weighted by atomic mass is 32.2. The van der Waals surface area contributed by atoms with Crippen LogP contribution in [0.15, 0.2) is 55.6 Å². The normalized spacial score (nSPS) is 11.1. The third-order valence-electron chi connectivity index (χ3n) is 4.36. The number of hydrogen-bond donors (Lipinski definition) is 3. The minimum atomic E-state index is -3.88. The second kappa shape index (κ2) is 9.30. The van der Waals surface area contributed by atoms with Crippen molar-refractivity contribution < 1.29 is 27.9 Å². The summed E-state index contributed by atoms with van der Waals surface area (Å²) >= 11 is 1.00. The van der Waals surface area contributed by atoms with Crippen molar-refractivity contribution in [1.82, 2.24) is 9.13 Å². The Bertz CT molecular complexity index is 1440. The monoisotopic (exact) mass is 494 g/mol. The van der Waals surface area contributed by atoms with Crippen LogP contribution < -0.4 is 21.3 Å². The molecule has 0 radical (unpaired) electrons. The predicted molar refractivity (Wildman–Crippen MR) is 119 cm³/mol. The van der Waals surface area contributed by atoms with E-state index < -0.39 is 45.5 Å². The number of hydrogen-bond acceptors (Lipinski definition) is 9. The molecule has 2 aromatic heterocycles. The number of aromatic nitrogens is 2. The second-order valence-electron chi connectivity index (χ2n) is 6.66. The average molecular weight is 495 g/mol. The molecule has 0 saturated carbocycles. The maximum atomic E-state index is 12.3. The van der Waals surface area contributed by atoms with Crippen LogP contribution in [0.2, 0.25) is 0 Å². The molecule has 0 aliphatic rings. The van der Waals surface area contributed by atoms with E-state index in [1.165, 1.54) is 26.2 Å². The lowest BCUT2D eigenvalue weighted by Gasteiger charge is -2.12. The number of esters is 1. The van der Waals surface area contributed by atoms with Gasteiger partial charge in [-0.1, -0.05) is 6.07 Å². The highest BCUT2D eigenvalue weighted by Crippen LogP contribution is 2.25. The van der Waals surface area contributed by atoms with Crippen molar-refractivity contribution in [1.29, 1.82) is 0 Å². The van der Waals surface area contributed by atoms with Crippen LogP contribution in [-0.4, -0.2) is 41.1 Å². The van der Waals surface area contributed by atoms with Crippen molar-refractivity contribution in [2.45, 2.75) is 4.21 Å². The molecule has 2 heterocycles. The van der Waals surface area contributed by atoms with E-state index in [1.54, 1.807) is 11.4 Å². The minimum Gasteiger partial charge on any atom is -0.507 e. The van der Waals surface area contributed by atoms with Crippen LogP contribution >= 0.6 is 11.3 Å². The number of sulfonamides is 1. The minimum absolute atomic E-state index is 0.00673. The van der Waals surface area contributed by atoms with Gasteiger partial charge < -0.3 is 15.2 Å². The summed E-state index contributed by atoms with van der Waals surface area (Å²) < 4.78 is 33.7. The van der Waals surface area contributed by atoms with Crippen LogP contribution in [0.3, 0.4) is 0 Å². The van der Waals surface area contributed by atoms with Gasteiger partial charge in [-0.3, -0.25) is 23.4 Å². The van der Waals surface area contributed by atoms with E-state index in [1.807, 2.05) is 0 Å². The van der Waals surface area contributed by atoms with Gasteiger partial charge >= 0.3 is 11.7 Å². The van der Waals surface area contributed by atoms with Crippen molar-refractivity contribution in [3.8, 4) is 5.75 Å². The van der Waals surface area contributed by atoms with E-state index in [-0.39, 0.29) is 21.3 Å². The number of ether oxygens (including phenoxy) is 1. The molecular weight excluding hydrogens is 476 g/mol. The van der Waals surface area contributed by atoms with Crippen LogP contribution in [0, 0.1) is 0 Å². The number of rotatable bonds is 7. The molecule has 12 nitrogen and oxygen atoms in total. The average Bonchev–Trinajstić information content (AvgIpc) is 3.31. The van der Waals surface area contributed by atoms with Crippen LogP contribution in [-0.2, 0) is 33.7 Å². The van der Waals surface area contributed by atoms with Crippen LogP contribution in [0.1, 0.15) is 10.4 Å². The van der Waals surface area contributed by atoms with E-state index in [9.17, 15) is 32.7 Å². The van der Waals surface area contributed by atoms with Gasteiger partial charge in [0, 0.05) is 25.8 Å². The van der Waals surface area contributed by atoms with Crippen molar-refractivity contribution in [3.05, 3.63) is 68.2 Å². The highest BCUT2D eigenvalue weighted by Gasteiger charge is 2.19. The third-order valence-corrected chi connectivity index (χ3v) is 7.14. The Kier molecular flexibility index (Phi) is 6.69. The molecule has 0 unspecified atom stereocenters. The summed E-state index contributed by atoms with van der Waals surface area (Å²) in [5.74, 6) is -2.54. The van der Waals surface area contributed by atoms with E-state index >= 15 is 0 Å². The molecule has 1 amide bonds. The number of phenols is 1. The molecule has 3 N–H and O–H groups in total. The number of carbonyl (C=O) groups excluding carboxylic acids is 2. The Hall–Kier alpha value is -3.91. The number of nitrogens with one attached hydrogen (secondary N) is 2. The number of benzene rings is 1. The fraction of sp³-hybridized carbons (Fsp3) is 0.158. The van der Waals surface area contributed by atoms with Gasteiger partial charge in [-0.15, -0.1) is 11.3 Å². The van der Waals surface area contributed by atoms with E-state index in [0.29, 0.717) is 0 Å². The van der Waals surface area contributed by atoms with Gasteiger partial charge in [0.1, 0.15) is 21.3 Å². The standard InChI is InChI=1S/C19H18N4O8S2/c1-22-14(9-16(26)23(2)19(22)28)20-15(25)10-31-18(27)12-8-11(5-6-13(12)24)21-33(29,30)17-4-3-7-32-17/h3-9,21,24H,10H2,1-2H3,(H,20,25). The maximum Gasteiger partial charge on any atom is 0.342 e. The summed E-state index contributed by atoms with van der Waals surface area (Å²) in [5, 5.41) is 13.8. The molecule has 33 heavy (non-hydrogen) atoms. The number of amides is 1. The lowest BCUT2D eigenvalue weighted by molar-refractivity contribution is -0.119. The summed E-state index contributed by atoms with van der Waals surface area (Å²) in [6.45, 7) is -0.799. The number of carbonyl (C=O) groups is 2. The number of aromatic hydroxyl groups is 1. The van der Waals surface area contributed by atoms with Crippen LogP contribution in [0.25, 0.3) is 0 Å². The maximum absolute atomic E-state index is 12.3. The van der Waals surface area contributed by atoms with Crippen molar-refractivity contribution in [3.63, 3.8) is 0 Å². The van der Waals surface area contributed by atoms with Crippen molar-refractivity contribution in [2.24, 2.45) is 14.1 Å². The van der Waals surface area contributed by atoms with Gasteiger partial charge in [-0.05, 0) is 29.6 Å². The fourth-order valence-corrected chi connectivity index (χ4v) is 4.67. The summed E-state index contributed by atoms with van der Waals surface area (Å²) in [6.07, 6.45) is 0. The quantitative estimate of drug-likeness (QED) is 0.314. The van der Waals surface area contributed by atoms with Gasteiger partial charge in [0.05, 0.1) is 0 Å². The lowest BCUT2D eigenvalue weighted by Crippen LogP contribution is -2.38. The molecule has 0 fully saturated rings. The Labute approximate surface area is 190 Å². The zero-order valence-corrected chi connectivity index (χ0v) is 18.9. The number of thiophene rings is 1. The van der Waals surface area contributed by atoms with E-state index in [2.05, 4.69) is 10.0 Å².